The first kappa shape index (κ1) is 13.1. The van der Waals surface area contributed by atoms with Crippen LogP contribution >= 0.6 is 0 Å². The maximum absolute atomic E-state index is 12.7. The van der Waals surface area contributed by atoms with Gasteiger partial charge in [0.1, 0.15) is 5.69 Å². The Hall–Kier alpha value is -2.62. The molecule has 2 N–H and O–H groups in total. The van der Waals surface area contributed by atoms with Crippen molar-refractivity contribution in [2.24, 2.45) is 0 Å². The lowest BCUT2D eigenvalue weighted by Crippen LogP contribution is -2.09. The third-order valence-electron chi connectivity index (χ3n) is 4.24. The summed E-state index contributed by atoms with van der Waals surface area (Å²) in [6.07, 6.45) is 2.26. The normalized spacial score (nSPS) is 12.5. The van der Waals surface area contributed by atoms with Crippen molar-refractivity contribution < 1.29 is 4.79 Å². The number of nitrogens with one attached hydrogen (secondary N) is 2. The van der Waals surface area contributed by atoms with Crippen molar-refractivity contribution in [2.75, 3.05) is 11.9 Å². The number of rotatable bonds is 4. The third-order valence-corrected chi connectivity index (χ3v) is 4.24. The fraction of sp³-hybridized carbons (Fsp3) is 0.222. The number of anilines is 1. The van der Waals surface area contributed by atoms with Gasteiger partial charge in [-0.2, -0.15) is 5.10 Å². The van der Waals surface area contributed by atoms with Gasteiger partial charge in [-0.25, -0.2) is 0 Å². The molecule has 0 unspecified atom stereocenters. The average Bonchev–Trinajstić information content (AvgIpc) is 2.99. The molecular formula is C18H17N3O. The van der Waals surface area contributed by atoms with Gasteiger partial charge in [0.05, 0.1) is 11.2 Å². The fourth-order valence-electron chi connectivity index (χ4n) is 3.10. The summed E-state index contributed by atoms with van der Waals surface area (Å²) >= 11 is 0. The Morgan fingerprint density at radius 2 is 1.91 bits per heavy atom. The molecule has 1 heterocycles. The number of carbonyl (C=O) groups is 1. The van der Waals surface area contributed by atoms with Crippen LogP contribution in [0.4, 0.5) is 5.69 Å². The summed E-state index contributed by atoms with van der Waals surface area (Å²) in [5.74, 6) is 0.0783. The summed E-state index contributed by atoms with van der Waals surface area (Å²) in [5, 5.41) is 12.0. The zero-order valence-corrected chi connectivity index (χ0v) is 12.4. The van der Waals surface area contributed by atoms with Crippen molar-refractivity contribution >= 4 is 22.4 Å². The highest BCUT2D eigenvalue weighted by molar-refractivity contribution is 6.26. The molecule has 110 valence electrons. The Labute approximate surface area is 128 Å². The molecule has 4 nitrogen and oxygen atoms in total. The van der Waals surface area contributed by atoms with Gasteiger partial charge in [-0.05, 0) is 18.6 Å². The smallest absolute Gasteiger partial charge is 0.194 e. The van der Waals surface area contributed by atoms with Crippen LogP contribution in [0.2, 0.25) is 0 Å². The van der Waals surface area contributed by atoms with Crippen LogP contribution in [0.25, 0.3) is 22.2 Å². The molecule has 1 aromatic heterocycles. The Kier molecular flexibility index (Phi) is 2.96. The van der Waals surface area contributed by atoms with Crippen molar-refractivity contribution in [3.8, 4) is 11.3 Å². The fourth-order valence-corrected chi connectivity index (χ4v) is 3.10. The minimum Gasteiger partial charge on any atom is -0.383 e. The molecule has 0 spiro atoms. The molecule has 0 bridgehead atoms. The molecule has 0 saturated heterocycles. The Bertz CT molecular complexity index is 879. The van der Waals surface area contributed by atoms with Gasteiger partial charge in [-0.1, -0.05) is 37.6 Å². The van der Waals surface area contributed by atoms with Crippen molar-refractivity contribution in [3.05, 3.63) is 47.5 Å². The van der Waals surface area contributed by atoms with Crippen LogP contribution in [0.5, 0.6) is 0 Å². The second-order valence-corrected chi connectivity index (χ2v) is 5.64. The molecule has 0 saturated carbocycles. The van der Waals surface area contributed by atoms with Crippen molar-refractivity contribution in [3.63, 3.8) is 0 Å². The summed E-state index contributed by atoms with van der Waals surface area (Å²) < 4.78 is 0. The largest absolute Gasteiger partial charge is 0.383 e. The molecule has 0 atom stereocenters. The van der Waals surface area contributed by atoms with Gasteiger partial charge in [0.15, 0.2) is 5.78 Å². The van der Waals surface area contributed by atoms with Crippen molar-refractivity contribution in [1.82, 2.24) is 10.2 Å². The van der Waals surface area contributed by atoms with Crippen molar-refractivity contribution in [2.45, 2.75) is 19.8 Å². The van der Waals surface area contributed by atoms with E-state index >= 15 is 0 Å². The van der Waals surface area contributed by atoms with E-state index in [0.717, 1.165) is 58.4 Å². The summed E-state index contributed by atoms with van der Waals surface area (Å²) in [5.41, 5.74) is 5.19. The van der Waals surface area contributed by atoms with Gasteiger partial charge >= 0.3 is 0 Å². The molecule has 0 radical (unpaired) electrons. The molecule has 1 aliphatic rings. The Balaban J connectivity index is 1.91. The molecule has 22 heavy (non-hydrogen) atoms. The molecule has 2 aromatic carbocycles. The van der Waals surface area contributed by atoms with Gasteiger partial charge in [0.2, 0.25) is 0 Å². The number of unbranched alkanes of at least 4 members (excludes halogenated alkanes) is 1. The summed E-state index contributed by atoms with van der Waals surface area (Å²) in [4.78, 5) is 12.7. The summed E-state index contributed by atoms with van der Waals surface area (Å²) in [6.45, 7) is 3.09. The van der Waals surface area contributed by atoms with Crippen LogP contribution < -0.4 is 5.32 Å². The number of nitrogens with zero attached hydrogens (tertiary/aromatic N) is 1. The van der Waals surface area contributed by atoms with Crippen LogP contribution in [0.3, 0.4) is 0 Å². The number of carbonyl (C=O) groups excluding carboxylic acids is 1. The van der Waals surface area contributed by atoms with E-state index in [0.29, 0.717) is 0 Å². The number of fused-ring (bicyclic) bond motifs is 2. The van der Waals surface area contributed by atoms with Gasteiger partial charge in [0.25, 0.3) is 0 Å². The number of H-pyrrole nitrogens is 1. The standard InChI is InChI=1S/C18H17N3O/c1-2-3-10-19-14-9-8-13-15-16(20-21-17(14)15)11-6-4-5-7-12(11)18(13)22/h4-9,19H,2-3,10H2,1H3,(H,20,21). The van der Waals surface area contributed by atoms with Crippen LogP contribution in [0.1, 0.15) is 35.7 Å². The van der Waals surface area contributed by atoms with Gasteiger partial charge < -0.3 is 5.32 Å². The first-order valence-electron chi connectivity index (χ1n) is 7.70. The minimum absolute atomic E-state index is 0.0783. The predicted octanol–water partition coefficient (Wildman–Crippen LogP) is 3.99. The summed E-state index contributed by atoms with van der Waals surface area (Å²) in [7, 11) is 0. The number of ketones is 1. The van der Waals surface area contributed by atoms with E-state index in [9.17, 15) is 4.79 Å². The maximum atomic E-state index is 12.7. The molecule has 0 amide bonds. The highest BCUT2D eigenvalue weighted by atomic mass is 16.1. The molecule has 0 aliphatic heterocycles. The zero-order chi connectivity index (χ0) is 15.1. The molecule has 0 fully saturated rings. The number of aromatic nitrogens is 2. The third kappa shape index (κ3) is 1.77. The van der Waals surface area contributed by atoms with Gasteiger partial charge in [-0.3, -0.25) is 9.89 Å². The lowest BCUT2D eigenvalue weighted by Gasteiger charge is -2.16. The van der Waals surface area contributed by atoms with Crippen LogP contribution in [-0.2, 0) is 0 Å². The van der Waals surface area contributed by atoms with Crippen LogP contribution in [0, 0.1) is 0 Å². The van der Waals surface area contributed by atoms with Gasteiger partial charge in [-0.15, -0.1) is 0 Å². The highest BCUT2D eigenvalue weighted by Gasteiger charge is 2.27. The van der Waals surface area contributed by atoms with E-state index in [1.165, 1.54) is 0 Å². The average molecular weight is 291 g/mol. The van der Waals surface area contributed by atoms with E-state index in [1.807, 2.05) is 36.4 Å². The second kappa shape index (κ2) is 4.98. The SMILES string of the molecule is CCCCNc1ccc2c3c(n[nH]c13)-c1ccccc1C2=O. The predicted molar refractivity (Wildman–Crippen MR) is 88.4 cm³/mol. The molecule has 3 aromatic rings. The van der Waals surface area contributed by atoms with Crippen LogP contribution in [-0.4, -0.2) is 22.5 Å². The number of hydrogen-bond donors (Lipinski definition) is 2. The zero-order valence-electron chi connectivity index (χ0n) is 12.4. The lowest BCUT2D eigenvalue weighted by atomic mass is 9.87. The van der Waals surface area contributed by atoms with Crippen molar-refractivity contribution in [1.29, 1.82) is 0 Å². The molecule has 1 aliphatic carbocycles. The van der Waals surface area contributed by atoms with E-state index in [-0.39, 0.29) is 5.78 Å². The number of aromatic amines is 1. The summed E-state index contributed by atoms with van der Waals surface area (Å²) in [6, 6.07) is 11.6. The minimum atomic E-state index is 0.0783. The highest BCUT2D eigenvalue weighted by Crippen LogP contribution is 2.39. The van der Waals surface area contributed by atoms with Crippen LogP contribution in [0.15, 0.2) is 36.4 Å². The topological polar surface area (TPSA) is 57.8 Å². The monoisotopic (exact) mass is 291 g/mol. The second-order valence-electron chi connectivity index (χ2n) is 5.64. The number of hydrogen-bond acceptors (Lipinski definition) is 3. The van der Waals surface area contributed by atoms with Gasteiger partial charge in [0, 0.05) is 28.6 Å². The lowest BCUT2D eigenvalue weighted by molar-refractivity contribution is 0.104. The van der Waals surface area contributed by atoms with E-state index < -0.39 is 0 Å². The first-order valence-corrected chi connectivity index (χ1v) is 7.70. The Morgan fingerprint density at radius 1 is 1.09 bits per heavy atom. The van der Waals surface area contributed by atoms with E-state index in [4.69, 9.17) is 0 Å². The number of benzene rings is 2. The molecule has 4 rings (SSSR count). The molecule has 4 heteroatoms. The Morgan fingerprint density at radius 3 is 2.73 bits per heavy atom. The quantitative estimate of drug-likeness (QED) is 0.559. The van der Waals surface area contributed by atoms with E-state index in [1.54, 1.807) is 0 Å². The maximum Gasteiger partial charge on any atom is 0.194 e. The molecular weight excluding hydrogens is 274 g/mol. The van der Waals surface area contributed by atoms with E-state index in [2.05, 4.69) is 22.4 Å². The first-order chi connectivity index (χ1) is 10.8.